The lowest BCUT2D eigenvalue weighted by atomic mass is 10.2. The third-order valence-electron chi connectivity index (χ3n) is 2.73. The van der Waals surface area contributed by atoms with Gasteiger partial charge in [0.05, 0.1) is 6.10 Å². The molecule has 0 saturated carbocycles. The summed E-state index contributed by atoms with van der Waals surface area (Å²) in [5, 5.41) is 5.32. The van der Waals surface area contributed by atoms with Crippen molar-refractivity contribution >= 4 is 17.2 Å². The van der Waals surface area contributed by atoms with Gasteiger partial charge in [0.2, 0.25) is 0 Å². The number of hydrogen-bond donors (Lipinski definition) is 2. The van der Waals surface area contributed by atoms with Crippen LogP contribution in [0, 0.1) is 0 Å². The molecule has 1 aromatic heterocycles. The Bertz CT molecular complexity index is 610. The summed E-state index contributed by atoms with van der Waals surface area (Å²) in [4.78, 5) is 16.2. The molecular weight excluding hydrogens is 286 g/mol. The minimum Gasteiger partial charge on any atom is -0.491 e. The molecule has 0 radical (unpaired) electrons. The van der Waals surface area contributed by atoms with Crippen LogP contribution in [0.4, 0.5) is 0 Å². The molecule has 1 aromatic carbocycles. The van der Waals surface area contributed by atoms with E-state index in [0.29, 0.717) is 18.8 Å². The highest BCUT2D eigenvalue weighted by atomic mass is 32.1. The molecule has 0 atom stereocenters. The Morgan fingerprint density at radius 3 is 2.86 bits per heavy atom. The molecule has 0 bridgehead atoms. The van der Waals surface area contributed by atoms with Gasteiger partial charge in [-0.25, -0.2) is 4.98 Å². The number of aromatic nitrogens is 1. The summed E-state index contributed by atoms with van der Waals surface area (Å²) in [5.74, 6) is 0.582. The molecule has 21 heavy (non-hydrogen) atoms. The first-order valence-corrected chi connectivity index (χ1v) is 7.65. The summed E-state index contributed by atoms with van der Waals surface area (Å²) < 4.78 is 5.72. The van der Waals surface area contributed by atoms with E-state index in [1.807, 2.05) is 38.1 Å². The van der Waals surface area contributed by atoms with E-state index in [0.717, 1.165) is 16.3 Å². The van der Waals surface area contributed by atoms with Gasteiger partial charge >= 0.3 is 0 Å². The van der Waals surface area contributed by atoms with Crippen molar-refractivity contribution in [3.8, 4) is 5.75 Å². The van der Waals surface area contributed by atoms with Crippen molar-refractivity contribution < 1.29 is 9.53 Å². The Hall–Kier alpha value is -1.92. The van der Waals surface area contributed by atoms with Crippen LogP contribution in [0.3, 0.4) is 0 Å². The fourth-order valence-electron chi connectivity index (χ4n) is 1.79. The molecule has 0 aliphatic rings. The number of rotatable bonds is 6. The number of para-hydroxylation sites is 1. The second-order valence-electron chi connectivity index (χ2n) is 4.79. The predicted octanol–water partition coefficient (Wildman–Crippen LogP) is 2.32. The fraction of sp³-hybridized carbons (Fsp3) is 0.333. The van der Waals surface area contributed by atoms with Gasteiger partial charge in [0, 0.05) is 24.0 Å². The van der Waals surface area contributed by atoms with Crippen LogP contribution in [0.15, 0.2) is 29.6 Å². The zero-order chi connectivity index (χ0) is 15.2. The first-order valence-electron chi connectivity index (χ1n) is 6.77. The Kier molecular flexibility index (Phi) is 5.30. The van der Waals surface area contributed by atoms with Crippen LogP contribution in [0.5, 0.6) is 5.75 Å². The van der Waals surface area contributed by atoms with Crippen LogP contribution in [-0.4, -0.2) is 17.0 Å². The second kappa shape index (κ2) is 7.19. The number of amides is 1. The SMILES string of the molecule is CC(C)Oc1ccccc1CNC(=O)c1csc(CN)n1. The molecule has 2 aromatic rings. The van der Waals surface area contributed by atoms with E-state index in [2.05, 4.69) is 10.3 Å². The molecule has 3 N–H and O–H groups in total. The van der Waals surface area contributed by atoms with Gasteiger partial charge in [0.15, 0.2) is 0 Å². The first-order chi connectivity index (χ1) is 10.1. The van der Waals surface area contributed by atoms with E-state index < -0.39 is 0 Å². The third-order valence-corrected chi connectivity index (χ3v) is 3.60. The predicted molar refractivity (Wildman–Crippen MR) is 83.4 cm³/mol. The van der Waals surface area contributed by atoms with Gasteiger partial charge in [-0.1, -0.05) is 18.2 Å². The number of nitrogens with zero attached hydrogens (tertiary/aromatic N) is 1. The van der Waals surface area contributed by atoms with Crippen molar-refractivity contribution in [2.45, 2.75) is 33.0 Å². The number of ether oxygens (including phenoxy) is 1. The van der Waals surface area contributed by atoms with E-state index in [-0.39, 0.29) is 12.0 Å². The molecule has 1 heterocycles. The van der Waals surface area contributed by atoms with E-state index in [1.165, 1.54) is 11.3 Å². The third kappa shape index (κ3) is 4.27. The van der Waals surface area contributed by atoms with E-state index in [1.54, 1.807) is 5.38 Å². The highest BCUT2D eigenvalue weighted by molar-refractivity contribution is 7.09. The maximum atomic E-state index is 12.0. The van der Waals surface area contributed by atoms with Gasteiger partial charge in [-0.05, 0) is 19.9 Å². The van der Waals surface area contributed by atoms with E-state index >= 15 is 0 Å². The molecule has 5 nitrogen and oxygen atoms in total. The summed E-state index contributed by atoms with van der Waals surface area (Å²) in [7, 11) is 0. The number of carbonyl (C=O) groups excluding carboxylic acids is 1. The Morgan fingerprint density at radius 1 is 1.43 bits per heavy atom. The molecule has 0 spiro atoms. The Morgan fingerprint density at radius 2 is 2.19 bits per heavy atom. The minimum atomic E-state index is -0.203. The molecule has 0 saturated heterocycles. The van der Waals surface area contributed by atoms with E-state index in [9.17, 15) is 4.79 Å². The molecule has 0 aliphatic carbocycles. The molecule has 0 unspecified atom stereocenters. The van der Waals surface area contributed by atoms with Gasteiger partial charge in [-0.3, -0.25) is 4.79 Å². The zero-order valence-corrected chi connectivity index (χ0v) is 12.9. The topological polar surface area (TPSA) is 77.2 Å². The number of carbonyl (C=O) groups is 1. The zero-order valence-electron chi connectivity index (χ0n) is 12.1. The van der Waals surface area contributed by atoms with Crippen LogP contribution >= 0.6 is 11.3 Å². The lowest BCUT2D eigenvalue weighted by molar-refractivity contribution is 0.0946. The molecule has 1 amide bonds. The summed E-state index contributed by atoms with van der Waals surface area (Å²) in [5.41, 5.74) is 6.84. The quantitative estimate of drug-likeness (QED) is 0.858. The smallest absolute Gasteiger partial charge is 0.271 e. The lowest BCUT2D eigenvalue weighted by Crippen LogP contribution is -2.23. The Balaban J connectivity index is 2.01. The Labute approximate surface area is 128 Å². The van der Waals surface area contributed by atoms with Crippen molar-refractivity contribution in [1.29, 1.82) is 0 Å². The van der Waals surface area contributed by atoms with Crippen LogP contribution in [-0.2, 0) is 13.1 Å². The maximum absolute atomic E-state index is 12.0. The summed E-state index contributed by atoms with van der Waals surface area (Å²) in [6.07, 6.45) is 0.0903. The summed E-state index contributed by atoms with van der Waals surface area (Å²) >= 11 is 1.39. The van der Waals surface area contributed by atoms with Gasteiger partial charge in [0.1, 0.15) is 16.5 Å². The molecule has 0 aliphatic heterocycles. The van der Waals surface area contributed by atoms with Gasteiger partial charge in [-0.2, -0.15) is 0 Å². The van der Waals surface area contributed by atoms with Crippen LogP contribution < -0.4 is 15.8 Å². The van der Waals surface area contributed by atoms with E-state index in [4.69, 9.17) is 10.5 Å². The number of nitrogens with one attached hydrogen (secondary N) is 1. The summed E-state index contributed by atoms with van der Waals surface area (Å²) in [6.45, 7) is 4.69. The van der Waals surface area contributed by atoms with Crippen LogP contribution in [0.1, 0.15) is 34.9 Å². The van der Waals surface area contributed by atoms with Gasteiger partial charge < -0.3 is 15.8 Å². The maximum Gasteiger partial charge on any atom is 0.271 e. The van der Waals surface area contributed by atoms with Crippen molar-refractivity contribution in [1.82, 2.24) is 10.3 Å². The monoisotopic (exact) mass is 305 g/mol. The normalized spacial score (nSPS) is 10.7. The van der Waals surface area contributed by atoms with Gasteiger partial charge in [0.25, 0.3) is 5.91 Å². The second-order valence-corrected chi connectivity index (χ2v) is 5.73. The lowest BCUT2D eigenvalue weighted by Gasteiger charge is -2.14. The largest absolute Gasteiger partial charge is 0.491 e. The molecule has 6 heteroatoms. The highest BCUT2D eigenvalue weighted by Gasteiger charge is 2.11. The average molecular weight is 305 g/mol. The van der Waals surface area contributed by atoms with Crippen molar-refractivity contribution in [2.75, 3.05) is 0 Å². The van der Waals surface area contributed by atoms with Gasteiger partial charge in [-0.15, -0.1) is 11.3 Å². The standard InChI is InChI=1S/C15H19N3O2S/c1-10(2)20-13-6-4-3-5-11(13)8-17-15(19)12-9-21-14(7-16)18-12/h3-6,9-10H,7-8,16H2,1-2H3,(H,17,19). The summed E-state index contributed by atoms with van der Waals surface area (Å²) in [6, 6.07) is 7.67. The molecular formula is C15H19N3O2S. The molecule has 0 fully saturated rings. The average Bonchev–Trinajstić information content (AvgIpc) is 2.94. The van der Waals surface area contributed by atoms with Crippen molar-refractivity contribution in [3.63, 3.8) is 0 Å². The molecule has 112 valence electrons. The minimum absolute atomic E-state index is 0.0903. The fourth-order valence-corrected chi connectivity index (χ4v) is 2.45. The van der Waals surface area contributed by atoms with Crippen LogP contribution in [0.25, 0.3) is 0 Å². The van der Waals surface area contributed by atoms with Crippen molar-refractivity contribution in [2.24, 2.45) is 5.73 Å². The van der Waals surface area contributed by atoms with Crippen LogP contribution in [0.2, 0.25) is 0 Å². The number of nitrogens with two attached hydrogens (primary N) is 1. The number of benzene rings is 1. The first kappa shape index (κ1) is 15.5. The number of hydrogen-bond acceptors (Lipinski definition) is 5. The molecule has 2 rings (SSSR count). The highest BCUT2D eigenvalue weighted by Crippen LogP contribution is 2.19. The van der Waals surface area contributed by atoms with Crippen molar-refractivity contribution in [3.05, 3.63) is 45.9 Å². The number of thiazole rings is 1.